The lowest BCUT2D eigenvalue weighted by atomic mass is 10.1. The van der Waals surface area contributed by atoms with E-state index in [0.29, 0.717) is 35.9 Å². The van der Waals surface area contributed by atoms with E-state index in [1.807, 2.05) is 42.5 Å². The molecular formula is C31H30ClF3N8O2. The first-order valence-electron chi connectivity index (χ1n) is 14.8. The van der Waals surface area contributed by atoms with E-state index in [9.17, 15) is 13.2 Å². The quantitative estimate of drug-likeness (QED) is 0.219. The molecule has 0 aliphatic carbocycles. The number of halogens is 4. The molecule has 45 heavy (non-hydrogen) atoms. The van der Waals surface area contributed by atoms with Gasteiger partial charge < -0.3 is 19.0 Å². The summed E-state index contributed by atoms with van der Waals surface area (Å²) in [7, 11) is 0. The maximum atomic E-state index is 13.0. The number of ether oxygens (including phenoxy) is 2. The Morgan fingerprint density at radius 1 is 1.02 bits per heavy atom. The summed E-state index contributed by atoms with van der Waals surface area (Å²) < 4.78 is 53.2. The van der Waals surface area contributed by atoms with Crippen LogP contribution in [0.1, 0.15) is 42.2 Å². The standard InChI is InChI=1S/C31H30ClF3N8O2/c32-20-6-4-19(5-7-20)14-21-2-1-3-28(37-21)45-22-8-11-42(12-9-22)18-27-38-24-15-25(29-39-30(41-40-29)31(33,34)35)36-16-26(24)43(27)17-23-10-13-44-23/h1-7,15-16,22-23H,8-14,17-18H2,(H,39,40,41)/t23-/m0/s1. The van der Waals surface area contributed by atoms with E-state index >= 15 is 0 Å². The Labute approximate surface area is 261 Å². The predicted octanol–water partition coefficient (Wildman–Crippen LogP) is 5.71. The number of aromatic nitrogens is 7. The molecule has 14 heteroatoms. The lowest BCUT2D eigenvalue weighted by Crippen LogP contribution is -2.39. The topological polar surface area (TPSA) is 107 Å². The number of rotatable bonds is 9. The summed E-state index contributed by atoms with van der Waals surface area (Å²) >= 11 is 6.01. The number of imidazole rings is 1. The van der Waals surface area contributed by atoms with Crippen molar-refractivity contribution < 1.29 is 22.6 Å². The minimum atomic E-state index is -4.62. The molecule has 5 aromatic rings. The molecule has 1 N–H and O–H groups in total. The highest BCUT2D eigenvalue weighted by atomic mass is 35.5. The van der Waals surface area contributed by atoms with Gasteiger partial charge in [0.15, 0.2) is 5.82 Å². The van der Waals surface area contributed by atoms with Crippen molar-refractivity contribution in [2.75, 3.05) is 19.7 Å². The Hall–Kier alpha value is -4.07. The van der Waals surface area contributed by atoms with Crippen molar-refractivity contribution in [1.29, 1.82) is 0 Å². The monoisotopic (exact) mass is 638 g/mol. The minimum Gasteiger partial charge on any atom is -0.474 e. The van der Waals surface area contributed by atoms with E-state index in [1.165, 1.54) is 0 Å². The molecule has 2 aliphatic heterocycles. The average molecular weight is 639 g/mol. The molecule has 0 bridgehead atoms. The average Bonchev–Trinajstić information content (AvgIpc) is 3.63. The number of fused-ring (bicyclic) bond motifs is 1. The third kappa shape index (κ3) is 6.80. The van der Waals surface area contributed by atoms with Crippen LogP contribution in [0.25, 0.3) is 22.6 Å². The zero-order valence-corrected chi connectivity index (χ0v) is 24.9. The molecule has 0 amide bonds. The van der Waals surface area contributed by atoms with E-state index < -0.39 is 12.0 Å². The van der Waals surface area contributed by atoms with Crippen LogP contribution in [0.4, 0.5) is 13.2 Å². The van der Waals surface area contributed by atoms with Crippen molar-refractivity contribution in [1.82, 2.24) is 39.6 Å². The van der Waals surface area contributed by atoms with Crippen LogP contribution >= 0.6 is 11.6 Å². The lowest BCUT2D eigenvalue weighted by Gasteiger charge is -2.32. The van der Waals surface area contributed by atoms with Gasteiger partial charge in [-0.25, -0.2) is 9.97 Å². The van der Waals surface area contributed by atoms with Gasteiger partial charge >= 0.3 is 6.18 Å². The summed E-state index contributed by atoms with van der Waals surface area (Å²) in [4.78, 5) is 18.5. The van der Waals surface area contributed by atoms with E-state index in [2.05, 4.69) is 29.6 Å². The molecule has 1 atom stereocenters. The highest BCUT2D eigenvalue weighted by Crippen LogP contribution is 2.29. The van der Waals surface area contributed by atoms with E-state index in [1.54, 1.807) is 12.3 Å². The van der Waals surface area contributed by atoms with Gasteiger partial charge in [0.2, 0.25) is 11.7 Å². The Balaban J connectivity index is 1.02. The molecule has 2 aliphatic rings. The maximum absolute atomic E-state index is 13.0. The molecule has 2 fully saturated rings. The third-order valence-corrected chi connectivity index (χ3v) is 8.41. The van der Waals surface area contributed by atoms with Crippen LogP contribution in [0.2, 0.25) is 5.02 Å². The zero-order chi connectivity index (χ0) is 31.0. The maximum Gasteiger partial charge on any atom is 0.451 e. The molecule has 10 nitrogen and oxygen atoms in total. The van der Waals surface area contributed by atoms with Gasteiger partial charge in [0.1, 0.15) is 17.6 Å². The van der Waals surface area contributed by atoms with Crippen molar-refractivity contribution in [3.05, 3.63) is 82.7 Å². The molecular weight excluding hydrogens is 609 g/mol. The number of nitrogens with zero attached hydrogens (tertiary/aromatic N) is 7. The second-order valence-electron chi connectivity index (χ2n) is 11.4. The Bertz CT molecular complexity index is 1780. The van der Waals surface area contributed by atoms with E-state index in [0.717, 1.165) is 61.6 Å². The van der Waals surface area contributed by atoms with Gasteiger partial charge in [0.05, 0.1) is 36.4 Å². The fourth-order valence-electron chi connectivity index (χ4n) is 5.65. The molecule has 6 heterocycles. The molecule has 4 aromatic heterocycles. The fourth-order valence-corrected chi connectivity index (χ4v) is 5.78. The smallest absolute Gasteiger partial charge is 0.451 e. The highest BCUT2D eigenvalue weighted by Gasteiger charge is 2.35. The summed E-state index contributed by atoms with van der Waals surface area (Å²) in [5.74, 6) is 0.250. The van der Waals surface area contributed by atoms with Crippen LogP contribution in [-0.4, -0.2) is 71.5 Å². The van der Waals surface area contributed by atoms with Gasteiger partial charge in [-0.15, -0.1) is 10.2 Å². The SMILES string of the molecule is FC(F)(F)c1nnc(-c2cc3nc(CN4CCC(Oc5cccc(Cc6ccc(Cl)cc6)n5)CC4)n(C[C@@H]4CCO4)c3cn2)[nH]1. The molecule has 234 valence electrons. The van der Waals surface area contributed by atoms with E-state index in [-0.39, 0.29) is 23.7 Å². The number of benzene rings is 1. The third-order valence-electron chi connectivity index (χ3n) is 8.16. The highest BCUT2D eigenvalue weighted by molar-refractivity contribution is 6.30. The summed E-state index contributed by atoms with van der Waals surface area (Å²) in [5, 5.41) is 7.57. The number of alkyl halides is 3. The van der Waals surface area contributed by atoms with Gasteiger partial charge in [-0.2, -0.15) is 13.2 Å². The summed E-state index contributed by atoms with van der Waals surface area (Å²) in [6, 6.07) is 15.3. The summed E-state index contributed by atoms with van der Waals surface area (Å²) in [6.45, 7) is 3.61. The van der Waals surface area contributed by atoms with Crippen molar-refractivity contribution >= 4 is 22.6 Å². The predicted molar refractivity (Wildman–Crippen MR) is 160 cm³/mol. The first kappa shape index (κ1) is 29.6. The van der Waals surface area contributed by atoms with Gasteiger partial charge in [0, 0.05) is 42.9 Å². The number of likely N-dealkylation sites (tertiary alicyclic amines) is 1. The summed E-state index contributed by atoms with van der Waals surface area (Å²) in [5.41, 5.74) is 3.73. The number of hydrogen-bond donors (Lipinski definition) is 1. The molecule has 0 spiro atoms. The second-order valence-corrected chi connectivity index (χ2v) is 11.8. The summed E-state index contributed by atoms with van der Waals surface area (Å²) in [6.07, 6.45) is 0.489. The largest absolute Gasteiger partial charge is 0.474 e. The van der Waals surface area contributed by atoms with Crippen molar-refractivity contribution in [2.45, 2.75) is 57.2 Å². The molecule has 0 unspecified atom stereocenters. The van der Waals surface area contributed by atoms with Crippen LogP contribution in [0.5, 0.6) is 5.88 Å². The van der Waals surface area contributed by atoms with Gasteiger partial charge in [-0.1, -0.05) is 29.8 Å². The minimum absolute atomic E-state index is 0.0528. The Morgan fingerprint density at radius 3 is 2.53 bits per heavy atom. The number of nitrogens with one attached hydrogen (secondary N) is 1. The number of piperidine rings is 1. The second kappa shape index (κ2) is 12.4. The van der Waals surface area contributed by atoms with Crippen LogP contribution < -0.4 is 4.74 Å². The van der Waals surface area contributed by atoms with Crippen LogP contribution in [0.3, 0.4) is 0 Å². The fraction of sp³-hybridized carbons (Fsp3) is 0.387. The molecule has 0 saturated carbocycles. The zero-order valence-electron chi connectivity index (χ0n) is 24.2. The molecule has 0 radical (unpaired) electrons. The normalized spacial score (nSPS) is 17.9. The van der Waals surface area contributed by atoms with Crippen LogP contribution in [-0.2, 0) is 30.4 Å². The number of aromatic amines is 1. The number of H-pyrrole nitrogens is 1. The molecule has 1 aromatic carbocycles. The van der Waals surface area contributed by atoms with Crippen molar-refractivity contribution in [3.63, 3.8) is 0 Å². The lowest BCUT2D eigenvalue weighted by molar-refractivity contribution is -0.144. The first-order chi connectivity index (χ1) is 21.8. The van der Waals surface area contributed by atoms with Gasteiger partial charge in [0.25, 0.3) is 0 Å². The van der Waals surface area contributed by atoms with Crippen molar-refractivity contribution in [3.8, 4) is 17.4 Å². The van der Waals surface area contributed by atoms with Crippen LogP contribution in [0.15, 0.2) is 54.7 Å². The Kier molecular flexibility index (Phi) is 8.15. The Morgan fingerprint density at radius 2 is 1.82 bits per heavy atom. The number of pyridine rings is 2. The molecule has 2 saturated heterocycles. The van der Waals surface area contributed by atoms with Gasteiger partial charge in [-0.3, -0.25) is 9.88 Å². The number of hydrogen-bond acceptors (Lipinski definition) is 8. The van der Waals surface area contributed by atoms with Gasteiger partial charge in [-0.05, 0) is 49.1 Å². The molecule has 7 rings (SSSR count). The van der Waals surface area contributed by atoms with Crippen LogP contribution in [0, 0.1) is 0 Å². The van der Waals surface area contributed by atoms with Crippen molar-refractivity contribution in [2.24, 2.45) is 0 Å². The van der Waals surface area contributed by atoms with E-state index in [4.69, 9.17) is 31.0 Å². The first-order valence-corrected chi connectivity index (χ1v) is 15.2.